The Kier molecular flexibility index (Phi) is 5.44. The van der Waals surface area contributed by atoms with Crippen LogP contribution in [0.4, 0.5) is 4.39 Å². The van der Waals surface area contributed by atoms with E-state index in [2.05, 4.69) is 36.5 Å². The lowest BCUT2D eigenvalue weighted by atomic mass is 10.0. The predicted octanol–water partition coefficient (Wildman–Crippen LogP) is 5.72. The highest BCUT2D eigenvalue weighted by molar-refractivity contribution is 5.57. The lowest BCUT2D eigenvalue weighted by Gasteiger charge is -2.17. The van der Waals surface area contributed by atoms with E-state index in [4.69, 9.17) is 4.42 Å². The number of halogens is 1. The lowest BCUT2D eigenvalue weighted by molar-refractivity contribution is 0.439. The van der Waals surface area contributed by atoms with Gasteiger partial charge >= 0.3 is 0 Å². The van der Waals surface area contributed by atoms with Gasteiger partial charge in [-0.3, -0.25) is 0 Å². The highest BCUT2D eigenvalue weighted by Crippen LogP contribution is 2.24. The zero-order valence-corrected chi connectivity index (χ0v) is 13.8. The van der Waals surface area contributed by atoms with Gasteiger partial charge < -0.3 is 9.73 Å². The zero-order chi connectivity index (χ0) is 16.8. The van der Waals surface area contributed by atoms with E-state index in [0.29, 0.717) is 12.6 Å². The van der Waals surface area contributed by atoms with Crippen molar-refractivity contribution in [3.8, 4) is 11.3 Å². The summed E-state index contributed by atoms with van der Waals surface area (Å²) in [5.74, 6) is 1.40. The molecular formula is C21H22FNO. The summed E-state index contributed by atoms with van der Waals surface area (Å²) >= 11 is 0. The van der Waals surface area contributed by atoms with Crippen LogP contribution < -0.4 is 5.32 Å². The minimum Gasteiger partial charge on any atom is -0.460 e. The summed E-state index contributed by atoms with van der Waals surface area (Å²) in [6, 6.07) is 21.1. The van der Waals surface area contributed by atoms with Crippen LogP contribution in [0.1, 0.15) is 37.1 Å². The maximum atomic E-state index is 13.0. The summed E-state index contributed by atoms with van der Waals surface area (Å²) in [6.45, 7) is 2.86. The molecule has 24 heavy (non-hydrogen) atoms. The molecule has 0 spiro atoms. The normalized spacial score (nSPS) is 12.2. The fourth-order valence-corrected chi connectivity index (χ4v) is 2.83. The molecule has 0 aliphatic heterocycles. The third-order valence-electron chi connectivity index (χ3n) is 4.09. The molecule has 1 atom stereocenters. The van der Waals surface area contributed by atoms with Crippen molar-refractivity contribution in [3.63, 3.8) is 0 Å². The number of hydrogen-bond acceptors (Lipinski definition) is 2. The van der Waals surface area contributed by atoms with Crippen LogP contribution in [0.5, 0.6) is 0 Å². The molecule has 0 aliphatic rings. The summed E-state index contributed by atoms with van der Waals surface area (Å²) in [6.07, 6.45) is 2.20. The highest BCUT2D eigenvalue weighted by atomic mass is 19.1. The molecule has 3 rings (SSSR count). The molecule has 1 heterocycles. The Balaban J connectivity index is 1.66. The van der Waals surface area contributed by atoms with Crippen molar-refractivity contribution in [2.45, 2.75) is 32.4 Å². The van der Waals surface area contributed by atoms with Gasteiger partial charge in [0.15, 0.2) is 0 Å². The summed E-state index contributed by atoms with van der Waals surface area (Å²) in [4.78, 5) is 0. The predicted molar refractivity (Wildman–Crippen MR) is 95.0 cm³/mol. The molecule has 2 nitrogen and oxygen atoms in total. The first kappa shape index (κ1) is 16.5. The number of hydrogen-bond donors (Lipinski definition) is 1. The van der Waals surface area contributed by atoms with Gasteiger partial charge in [0.25, 0.3) is 0 Å². The number of nitrogens with one attached hydrogen (secondary N) is 1. The van der Waals surface area contributed by atoms with Crippen LogP contribution in [0.15, 0.2) is 71.1 Å². The molecule has 0 aliphatic carbocycles. The Morgan fingerprint density at radius 2 is 1.71 bits per heavy atom. The number of furan rings is 1. The van der Waals surface area contributed by atoms with Crippen LogP contribution in [0.2, 0.25) is 0 Å². The minimum atomic E-state index is -0.238. The van der Waals surface area contributed by atoms with E-state index in [9.17, 15) is 4.39 Å². The Labute approximate surface area is 142 Å². The third-order valence-corrected chi connectivity index (χ3v) is 4.09. The molecular weight excluding hydrogens is 301 g/mol. The van der Waals surface area contributed by atoms with Crippen molar-refractivity contribution in [3.05, 3.63) is 83.9 Å². The monoisotopic (exact) mass is 323 g/mol. The topological polar surface area (TPSA) is 25.2 Å². The molecule has 0 radical (unpaired) electrons. The molecule has 0 bridgehead atoms. The van der Waals surface area contributed by atoms with Crippen LogP contribution >= 0.6 is 0 Å². The number of benzene rings is 2. The minimum absolute atomic E-state index is 0.238. The Morgan fingerprint density at radius 1 is 0.958 bits per heavy atom. The van der Waals surface area contributed by atoms with E-state index in [1.807, 2.05) is 18.2 Å². The molecule has 1 aromatic heterocycles. The van der Waals surface area contributed by atoms with Crippen molar-refractivity contribution >= 4 is 0 Å². The molecule has 124 valence electrons. The van der Waals surface area contributed by atoms with Crippen molar-refractivity contribution in [2.75, 3.05) is 0 Å². The summed E-state index contributed by atoms with van der Waals surface area (Å²) in [7, 11) is 0. The smallest absolute Gasteiger partial charge is 0.134 e. The molecule has 0 amide bonds. The van der Waals surface area contributed by atoms with Gasteiger partial charge in [0, 0.05) is 11.6 Å². The molecule has 1 N–H and O–H groups in total. The average Bonchev–Trinajstić information content (AvgIpc) is 3.09. The first-order valence-corrected chi connectivity index (χ1v) is 8.39. The van der Waals surface area contributed by atoms with Gasteiger partial charge in [-0.15, -0.1) is 0 Å². The summed E-state index contributed by atoms with van der Waals surface area (Å²) < 4.78 is 18.9. The molecule has 2 aromatic carbocycles. The van der Waals surface area contributed by atoms with Crippen molar-refractivity contribution < 1.29 is 8.81 Å². The first-order chi connectivity index (χ1) is 11.8. The Morgan fingerprint density at radius 3 is 2.42 bits per heavy atom. The van der Waals surface area contributed by atoms with Gasteiger partial charge in [-0.1, -0.05) is 43.7 Å². The van der Waals surface area contributed by atoms with Crippen LogP contribution in [-0.4, -0.2) is 0 Å². The number of rotatable bonds is 7. The molecule has 0 saturated heterocycles. The SMILES string of the molecule is CCCC(NCc1ccc(-c2ccc(F)cc2)o1)c1ccccc1. The van der Waals surface area contributed by atoms with Gasteiger partial charge in [-0.2, -0.15) is 0 Å². The molecule has 0 saturated carbocycles. The molecule has 3 heteroatoms. The van der Waals surface area contributed by atoms with Crippen LogP contribution in [0.25, 0.3) is 11.3 Å². The van der Waals surface area contributed by atoms with Gasteiger partial charge in [0.05, 0.1) is 6.54 Å². The maximum Gasteiger partial charge on any atom is 0.134 e. The Hall–Kier alpha value is -2.39. The van der Waals surface area contributed by atoms with E-state index in [1.54, 1.807) is 12.1 Å². The molecule has 0 fully saturated rings. The van der Waals surface area contributed by atoms with Gasteiger partial charge in [-0.25, -0.2) is 4.39 Å². The third kappa shape index (κ3) is 4.12. The largest absolute Gasteiger partial charge is 0.460 e. The van der Waals surface area contributed by atoms with E-state index in [0.717, 1.165) is 29.9 Å². The van der Waals surface area contributed by atoms with E-state index in [1.165, 1.54) is 17.7 Å². The second-order valence-corrected chi connectivity index (χ2v) is 5.91. The van der Waals surface area contributed by atoms with Crippen molar-refractivity contribution in [1.82, 2.24) is 5.32 Å². The summed E-state index contributed by atoms with van der Waals surface area (Å²) in [5.41, 5.74) is 2.18. The van der Waals surface area contributed by atoms with Gasteiger partial charge in [0.1, 0.15) is 17.3 Å². The van der Waals surface area contributed by atoms with Gasteiger partial charge in [-0.05, 0) is 48.4 Å². The summed E-state index contributed by atoms with van der Waals surface area (Å²) in [5, 5.41) is 3.57. The maximum absolute atomic E-state index is 13.0. The van der Waals surface area contributed by atoms with Crippen LogP contribution in [0, 0.1) is 5.82 Å². The van der Waals surface area contributed by atoms with E-state index < -0.39 is 0 Å². The fourth-order valence-electron chi connectivity index (χ4n) is 2.83. The van der Waals surface area contributed by atoms with E-state index in [-0.39, 0.29) is 5.82 Å². The Bertz CT molecular complexity index is 749. The van der Waals surface area contributed by atoms with Crippen molar-refractivity contribution in [2.24, 2.45) is 0 Å². The molecule has 1 unspecified atom stereocenters. The lowest BCUT2D eigenvalue weighted by Crippen LogP contribution is -2.20. The fraction of sp³-hybridized carbons (Fsp3) is 0.238. The average molecular weight is 323 g/mol. The van der Waals surface area contributed by atoms with Crippen LogP contribution in [0.3, 0.4) is 0 Å². The van der Waals surface area contributed by atoms with Crippen LogP contribution in [-0.2, 0) is 6.54 Å². The van der Waals surface area contributed by atoms with Crippen molar-refractivity contribution in [1.29, 1.82) is 0 Å². The first-order valence-electron chi connectivity index (χ1n) is 8.39. The second kappa shape index (κ2) is 7.93. The zero-order valence-electron chi connectivity index (χ0n) is 13.8. The highest BCUT2D eigenvalue weighted by Gasteiger charge is 2.11. The van der Waals surface area contributed by atoms with Gasteiger partial charge in [0.2, 0.25) is 0 Å². The van der Waals surface area contributed by atoms with E-state index >= 15 is 0 Å². The second-order valence-electron chi connectivity index (χ2n) is 5.91. The molecule has 3 aromatic rings. The standard InChI is InChI=1S/C21H22FNO/c1-2-6-20(16-7-4-3-5-8-16)23-15-19-13-14-21(24-19)17-9-11-18(22)12-10-17/h3-5,7-14,20,23H,2,6,15H2,1H3. The quantitative estimate of drug-likeness (QED) is 0.602.